The zero-order valence-corrected chi connectivity index (χ0v) is 69.8. The molecular formula is C83H87Cl2F4N13O27. The summed E-state index contributed by atoms with van der Waals surface area (Å²) in [5.41, 5.74) is 9.93. The average molecular weight is 1850 g/mol. The van der Waals surface area contributed by atoms with Crippen LogP contribution in [0.1, 0.15) is 121 Å². The molecule has 7 aromatic rings. The number of alkyl halides is 3. The number of phenolic OH excluding ortho intramolecular Hbond substituents is 3. The van der Waals surface area contributed by atoms with Crippen LogP contribution in [0.2, 0.25) is 10.0 Å². The molecule has 2 saturated heterocycles. The van der Waals surface area contributed by atoms with Crippen LogP contribution < -0.4 is 89.1 Å². The van der Waals surface area contributed by atoms with Crippen LogP contribution in [0, 0.1) is 11.7 Å². The molecule has 0 aliphatic carbocycles. The quantitative estimate of drug-likeness (QED) is 0.0312. The van der Waals surface area contributed by atoms with Gasteiger partial charge in [-0.1, -0.05) is 67.4 Å². The second kappa shape index (κ2) is 39.4. The van der Waals surface area contributed by atoms with Gasteiger partial charge in [-0.2, -0.15) is 0 Å². The highest BCUT2D eigenvalue weighted by molar-refractivity contribution is 6.34. The lowest BCUT2D eigenvalue weighted by atomic mass is 9.84. The summed E-state index contributed by atoms with van der Waals surface area (Å²) in [5.74, 6) is -23.7. The second-order valence-corrected chi connectivity index (χ2v) is 32.1. The van der Waals surface area contributed by atoms with Gasteiger partial charge in [-0.15, -0.1) is 13.2 Å². The number of halogens is 6. The SMILES string of the molecule is CN[C@H](CC(C)C)C(=O)N[C@H]1C(=O)N[C@@H](CC(N)=O)C(=O)N[C@H]2C(=O)N[C@H]3C(=O)N[C@H](C(=O)N[C@@H](C(=O)NNC(=O)C(N)=O)c4cc(O)cc(O)c4-c4cc3ccc4O)[C@H](O)c3ccc(c(Cl)c3)Oc3cc2cc(c3OC2O[C@H](CO)[C@@H](O)[C@H](O)[C@H]2O[C@H]2C[C@@](C)(NCc3ccc(NC(=O)c4ccc(OC(F)(F)F)c(F)c4)cc3)[C@H](O)[C@H](C)O2)Oc2ccc(cc2Cl)[C@H]1O. The number of likely N-dealkylation sites (N-methyl/N-ethyl adjacent to an activating group) is 1. The maximum Gasteiger partial charge on any atom is 0.573 e. The molecule has 7 aromatic carbocycles. The average Bonchev–Trinajstić information content (AvgIpc) is 0.763. The predicted molar refractivity (Wildman–Crippen MR) is 437 cm³/mol. The molecule has 1 unspecified atom stereocenters. The van der Waals surface area contributed by atoms with Crippen molar-refractivity contribution in [1.29, 1.82) is 0 Å². The topological polar surface area (TPSA) is 619 Å². The second-order valence-electron chi connectivity index (χ2n) is 31.3. The van der Waals surface area contributed by atoms with Crippen LogP contribution in [0.15, 0.2) is 121 Å². The Morgan fingerprint density at radius 3 is 1.91 bits per heavy atom. The van der Waals surface area contributed by atoms with E-state index in [-0.39, 0.29) is 47.7 Å². The first kappa shape index (κ1) is 95.3. The molecule has 7 heterocycles. The Morgan fingerprint density at radius 2 is 1.31 bits per heavy atom. The van der Waals surface area contributed by atoms with Gasteiger partial charge in [0, 0.05) is 46.9 Å². The van der Waals surface area contributed by atoms with E-state index in [1.807, 2.05) is 5.43 Å². The molecule has 11 bridgehead atoms. The van der Waals surface area contributed by atoms with Gasteiger partial charge in [0.1, 0.15) is 95.5 Å². The summed E-state index contributed by atoms with van der Waals surface area (Å²) in [4.78, 5) is 157. The van der Waals surface area contributed by atoms with Crippen molar-refractivity contribution in [3.63, 3.8) is 0 Å². The van der Waals surface area contributed by atoms with Gasteiger partial charge in [0.05, 0.1) is 41.3 Å². The summed E-state index contributed by atoms with van der Waals surface area (Å²) in [5, 5.41) is 129. The third kappa shape index (κ3) is 21.8. The number of nitrogens with two attached hydrogens (primary N) is 2. The van der Waals surface area contributed by atoms with Gasteiger partial charge in [-0.05, 0) is 152 Å². The maximum atomic E-state index is 16.3. The molecule has 46 heteroatoms. The number of anilines is 1. The van der Waals surface area contributed by atoms with Gasteiger partial charge in [0.2, 0.25) is 53.4 Å². The number of hydrogen-bond donors (Lipinski definition) is 22. The highest BCUT2D eigenvalue weighted by Gasteiger charge is 2.53. The van der Waals surface area contributed by atoms with Crippen molar-refractivity contribution in [1.82, 2.24) is 53.4 Å². The Bertz CT molecular complexity index is 5540. The number of hydrogen-bond acceptors (Lipinski definition) is 29. The molecule has 18 atom stereocenters. The number of hydrazine groups is 1. The molecular weight excluding hydrogens is 1760 g/mol. The largest absolute Gasteiger partial charge is 0.573 e. The van der Waals surface area contributed by atoms with Gasteiger partial charge >= 0.3 is 18.2 Å². The van der Waals surface area contributed by atoms with Gasteiger partial charge in [0.15, 0.2) is 35.5 Å². The maximum absolute atomic E-state index is 16.3. The molecule has 7 aliphatic heterocycles. The van der Waals surface area contributed by atoms with Gasteiger partial charge < -0.3 is 138 Å². The molecule has 14 rings (SSSR count). The van der Waals surface area contributed by atoms with Crippen LogP contribution in [0.25, 0.3) is 11.1 Å². The number of nitrogens with one attached hydrogen (secondary N) is 11. The van der Waals surface area contributed by atoms with Crippen molar-refractivity contribution in [2.45, 2.75) is 169 Å². The Hall–Kier alpha value is -12.8. The summed E-state index contributed by atoms with van der Waals surface area (Å²) < 4.78 is 96.0. The van der Waals surface area contributed by atoms with E-state index < -0.39 is 289 Å². The molecule has 2 fully saturated rings. The molecule has 0 spiro atoms. The number of amides is 11. The molecule has 40 nitrogen and oxygen atoms in total. The highest BCUT2D eigenvalue weighted by atomic mass is 35.5. The van der Waals surface area contributed by atoms with Crippen molar-refractivity contribution in [3.05, 3.63) is 176 Å². The van der Waals surface area contributed by atoms with Crippen LogP contribution in [-0.2, 0) is 68.7 Å². The van der Waals surface area contributed by atoms with Gasteiger partial charge in [-0.25, -0.2) is 4.39 Å². The van der Waals surface area contributed by atoms with Crippen molar-refractivity contribution < 1.29 is 149 Å². The lowest BCUT2D eigenvalue weighted by Gasteiger charge is -2.48. The summed E-state index contributed by atoms with van der Waals surface area (Å²) in [6, 6.07) is 6.02. The molecule has 688 valence electrons. The van der Waals surface area contributed by atoms with Crippen LogP contribution >= 0.6 is 23.2 Å². The first-order valence-electron chi connectivity index (χ1n) is 39.4. The Kier molecular flexibility index (Phi) is 29.1. The monoisotopic (exact) mass is 1840 g/mol. The van der Waals surface area contributed by atoms with Gasteiger partial charge in [0.25, 0.3) is 11.8 Å². The van der Waals surface area contributed by atoms with E-state index in [0.717, 1.165) is 72.8 Å². The van der Waals surface area contributed by atoms with E-state index in [4.69, 9.17) is 63.1 Å². The van der Waals surface area contributed by atoms with Crippen molar-refractivity contribution in [2.24, 2.45) is 17.4 Å². The van der Waals surface area contributed by atoms with E-state index in [9.17, 15) is 92.3 Å². The van der Waals surface area contributed by atoms with Crippen LogP contribution in [0.3, 0.4) is 0 Å². The lowest BCUT2D eigenvalue weighted by molar-refractivity contribution is -0.334. The molecule has 0 radical (unpaired) electrons. The summed E-state index contributed by atoms with van der Waals surface area (Å²) >= 11 is 14.3. The standard InChI is InChI=1S/C83H87Cl2F4N13O27/c1-31(2)18-46(92-5)73(115)99-62-64(108)35-9-15-50(43(84)20-35)124-53-23-38-24-54(68(53)128-81-69(67(111)66(110)55(30-103)126-81)127-57-28-82(4,70(112)32(3)123-57)93-29-33-6-12-39(13-7-33)94-72(114)37-11-17-52(45(86)22-37)129-83(87,88)89)125-51-16-10-36(21-44(51)85)65(109)63-78(120)98-61(79(121)101-102-80(122)71(91)113)42-25-40(104)26-49(106)58(42)41-19-34(8-14-48(41)105)59(75(117)100-63)97-76(118)60(38)96-74(116)47(27-56(90)107)95-77(62)119/h6-17,19-26,31-32,46-47,55,57,59-67,69-70,81,92-93,103-106,108-112H,18,27-30H2,1-5H3,(H2,90,107)(H2,91,113)(H,94,114)(H,95,119)(H,96,116)(H,97,118)(H,98,120)(H,99,115)(H,100,117)(H,101,121)(H,102,122)/t32-,46+,47-,55+,57-,59+,60+,61+,62+,63-,64+,65+,66+,67-,69+,70+,81?,82+/m0/s1. The normalized spacial score (nSPS) is 25.5. The lowest BCUT2D eigenvalue weighted by Crippen LogP contribution is -2.65. The Morgan fingerprint density at radius 1 is 0.682 bits per heavy atom. The first-order chi connectivity index (χ1) is 60.9. The number of phenols is 3. The zero-order chi connectivity index (χ0) is 93.9. The molecule has 24 N–H and O–H groups in total. The van der Waals surface area contributed by atoms with Crippen molar-refractivity contribution in [3.8, 4) is 62.9 Å². The minimum Gasteiger partial charge on any atom is -0.508 e. The van der Waals surface area contributed by atoms with E-state index in [2.05, 4.69) is 52.6 Å². The van der Waals surface area contributed by atoms with Crippen LogP contribution in [0.5, 0.6) is 51.7 Å². The van der Waals surface area contributed by atoms with E-state index >= 15 is 24.0 Å². The minimum absolute atomic E-state index is 0.0473. The number of aliphatic hydroxyl groups is 6. The fraction of sp³-hybridized carbons (Fsp3) is 0.361. The molecule has 7 aliphatic rings. The third-order valence-electron chi connectivity index (χ3n) is 21.6. The zero-order valence-electron chi connectivity index (χ0n) is 68.3. The molecule has 0 saturated carbocycles. The molecule has 11 amide bonds. The van der Waals surface area contributed by atoms with E-state index in [1.165, 1.54) is 32.2 Å². The summed E-state index contributed by atoms with van der Waals surface area (Å²) in [6.07, 6.45) is -25.4. The smallest absolute Gasteiger partial charge is 0.508 e. The van der Waals surface area contributed by atoms with Crippen molar-refractivity contribution in [2.75, 3.05) is 19.0 Å². The number of benzene rings is 7. The molecule has 129 heavy (non-hydrogen) atoms. The third-order valence-corrected chi connectivity index (χ3v) is 22.2. The highest BCUT2D eigenvalue weighted by Crippen LogP contribution is 2.50. The fourth-order valence-electron chi connectivity index (χ4n) is 15.0. The Labute approximate surface area is 737 Å². The van der Waals surface area contributed by atoms with Crippen LogP contribution in [0.4, 0.5) is 23.2 Å². The number of aromatic hydroxyl groups is 3. The van der Waals surface area contributed by atoms with E-state index in [1.54, 1.807) is 38.3 Å². The number of aliphatic hydroxyl groups excluding tert-OH is 6. The number of fused-ring (bicyclic) bond motifs is 15. The Balaban J connectivity index is 1.00. The fourth-order valence-corrected chi connectivity index (χ4v) is 15.4. The number of carbonyl (C=O) groups excluding carboxylic acids is 11. The summed E-state index contributed by atoms with van der Waals surface area (Å²) in [7, 11) is 1.44. The number of rotatable bonds is 19. The van der Waals surface area contributed by atoms with Crippen molar-refractivity contribution >= 4 is 93.9 Å². The summed E-state index contributed by atoms with van der Waals surface area (Å²) in [6.45, 7) is 5.50. The molecule has 0 aromatic heterocycles. The van der Waals surface area contributed by atoms with Crippen LogP contribution in [-0.4, -0.2) is 210 Å². The predicted octanol–water partition coefficient (Wildman–Crippen LogP) is 1.78. The number of carbonyl (C=O) groups is 11. The van der Waals surface area contributed by atoms with Gasteiger partial charge in [-0.3, -0.25) is 63.6 Å². The minimum atomic E-state index is -5.21. The number of ether oxygens (including phenoxy) is 7. The first-order valence-corrected chi connectivity index (χ1v) is 40.2. The number of primary amides is 2. The van der Waals surface area contributed by atoms with E-state index in [0.29, 0.717) is 23.8 Å².